The van der Waals surface area contributed by atoms with Crippen LogP contribution in [0.25, 0.3) is 0 Å². The predicted octanol–water partition coefficient (Wildman–Crippen LogP) is 4.77. The maximum atomic E-state index is 12.8. The minimum Gasteiger partial charge on any atom is -0.465 e. The van der Waals surface area contributed by atoms with Gasteiger partial charge in [0.15, 0.2) is 0 Å². The molecule has 2 nitrogen and oxygen atoms in total. The van der Waals surface area contributed by atoms with Crippen LogP contribution in [0, 0.1) is 5.92 Å². The van der Waals surface area contributed by atoms with Gasteiger partial charge >= 0.3 is 18.3 Å². The predicted molar refractivity (Wildman–Crippen MR) is 77.1 cm³/mol. The quantitative estimate of drug-likeness (QED) is 0.310. The second kappa shape index (κ2) is 10.3. The number of hydrogen-bond acceptors (Lipinski definition) is 3. The third-order valence-corrected chi connectivity index (χ3v) is 4.00. The lowest BCUT2D eigenvalue weighted by Gasteiger charge is -2.18. The molecule has 21 heavy (non-hydrogen) atoms. The number of hydrogen-bond donors (Lipinski definition) is 0. The molecule has 1 unspecified atom stereocenters. The summed E-state index contributed by atoms with van der Waals surface area (Å²) in [6, 6.07) is 0. The van der Waals surface area contributed by atoms with Crippen LogP contribution < -0.4 is 0 Å². The maximum absolute atomic E-state index is 12.8. The number of rotatable bonds is 11. The van der Waals surface area contributed by atoms with Gasteiger partial charge in [0.1, 0.15) is 5.25 Å². The second-order valence-electron chi connectivity index (χ2n) is 5.32. The van der Waals surface area contributed by atoms with E-state index in [0.29, 0.717) is 19.4 Å². The van der Waals surface area contributed by atoms with E-state index in [4.69, 9.17) is 4.74 Å². The van der Waals surface area contributed by atoms with Crippen molar-refractivity contribution >= 4 is 17.7 Å². The molecule has 0 radical (unpaired) electrons. The molecular formula is C14H24F4O2S. The zero-order valence-electron chi connectivity index (χ0n) is 12.7. The average molecular weight is 332 g/mol. The van der Waals surface area contributed by atoms with E-state index in [2.05, 4.69) is 0 Å². The molecule has 0 amide bonds. The first-order chi connectivity index (χ1) is 9.70. The summed E-state index contributed by atoms with van der Waals surface area (Å²) in [6.45, 7) is 6.11. The highest BCUT2D eigenvalue weighted by Crippen LogP contribution is 2.30. The third-order valence-electron chi connectivity index (χ3n) is 2.69. The Morgan fingerprint density at radius 3 is 2.38 bits per heavy atom. The van der Waals surface area contributed by atoms with Gasteiger partial charge in [-0.3, -0.25) is 4.79 Å². The van der Waals surface area contributed by atoms with Gasteiger partial charge < -0.3 is 4.74 Å². The molecule has 0 spiro atoms. The third kappa shape index (κ3) is 9.22. The standard InChI is InChI=1S/C14H24F4O2S/c1-4-7-20-12(19)11(9-10(2)3)21-8-5-6-14(17,18)13(15)16/h10-11,13H,4-9H2,1-3H3. The Bertz CT molecular complexity index is 299. The number of thioether (sulfide) groups is 1. The van der Waals surface area contributed by atoms with E-state index in [1.807, 2.05) is 20.8 Å². The van der Waals surface area contributed by atoms with E-state index in [1.54, 1.807) is 0 Å². The lowest BCUT2D eigenvalue weighted by atomic mass is 10.1. The van der Waals surface area contributed by atoms with Crippen molar-refractivity contribution in [1.29, 1.82) is 0 Å². The summed E-state index contributed by atoms with van der Waals surface area (Å²) < 4.78 is 54.6. The van der Waals surface area contributed by atoms with Crippen molar-refractivity contribution in [2.24, 2.45) is 5.92 Å². The van der Waals surface area contributed by atoms with Crippen molar-refractivity contribution in [1.82, 2.24) is 0 Å². The van der Waals surface area contributed by atoms with Crippen molar-refractivity contribution in [3.05, 3.63) is 0 Å². The first-order valence-corrected chi connectivity index (χ1v) is 8.19. The zero-order valence-corrected chi connectivity index (χ0v) is 13.5. The number of carbonyl (C=O) groups excluding carboxylic acids is 1. The molecule has 0 aromatic carbocycles. The van der Waals surface area contributed by atoms with Crippen LogP contribution in [0.4, 0.5) is 17.6 Å². The Hall–Kier alpha value is -0.460. The molecule has 0 saturated carbocycles. The van der Waals surface area contributed by atoms with Gasteiger partial charge in [0.25, 0.3) is 0 Å². The lowest BCUT2D eigenvalue weighted by molar-refractivity contribution is -0.143. The fourth-order valence-corrected chi connectivity index (χ4v) is 2.92. The van der Waals surface area contributed by atoms with Crippen LogP contribution in [0.3, 0.4) is 0 Å². The summed E-state index contributed by atoms with van der Waals surface area (Å²) in [5.41, 5.74) is 0. The first-order valence-electron chi connectivity index (χ1n) is 7.14. The summed E-state index contributed by atoms with van der Waals surface area (Å²) in [5, 5.41) is -0.420. The van der Waals surface area contributed by atoms with Crippen molar-refractivity contribution in [3.8, 4) is 0 Å². The lowest BCUT2D eigenvalue weighted by Crippen LogP contribution is -2.27. The van der Waals surface area contributed by atoms with Crippen molar-refractivity contribution in [2.45, 2.75) is 64.1 Å². The Morgan fingerprint density at radius 2 is 1.90 bits per heavy atom. The Balaban J connectivity index is 4.21. The van der Waals surface area contributed by atoms with Crippen LogP contribution in [0.5, 0.6) is 0 Å². The van der Waals surface area contributed by atoms with Crippen LogP contribution in [-0.2, 0) is 9.53 Å². The maximum Gasteiger partial charge on any atom is 0.319 e. The van der Waals surface area contributed by atoms with E-state index in [0.717, 1.165) is 0 Å². The normalized spacial score (nSPS) is 13.8. The molecule has 7 heteroatoms. The molecule has 1 atom stereocenters. The Morgan fingerprint density at radius 1 is 1.29 bits per heavy atom. The van der Waals surface area contributed by atoms with Gasteiger partial charge in [-0.25, -0.2) is 17.6 Å². The highest BCUT2D eigenvalue weighted by atomic mass is 32.2. The molecular weight excluding hydrogens is 308 g/mol. The van der Waals surface area contributed by atoms with Crippen molar-refractivity contribution in [3.63, 3.8) is 0 Å². The van der Waals surface area contributed by atoms with Crippen LogP contribution in [0.1, 0.15) is 46.5 Å². The summed E-state index contributed by atoms with van der Waals surface area (Å²) in [7, 11) is 0. The molecule has 0 aromatic rings. The highest BCUT2D eigenvalue weighted by molar-refractivity contribution is 8.00. The van der Waals surface area contributed by atoms with Gasteiger partial charge in [-0.1, -0.05) is 20.8 Å². The van der Waals surface area contributed by atoms with Crippen LogP contribution in [0.2, 0.25) is 0 Å². The van der Waals surface area contributed by atoms with E-state index in [1.165, 1.54) is 11.8 Å². The fourth-order valence-electron chi connectivity index (χ4n) is 1.60. The van der Waals surface area contributed by atoms with Crippen LogP contribution in [0.15, 0.2) is 0 Å². The molecule has 0 aliphatic carbocycles. The van der Waals surface area contributed by atoms with Crippen LogP contribution in [-0.4, -0.2) is 35.9 Å². The molecule has 0 aliphatic rings. The van der Waals surface area contributed by atoms with Gasteiger partial charge in [0.05, 0.1) is 6.61 Å². The van der Waals surface area contributed by atoms with Gasteiger partial charge in [-0.2, -0.15) is 0 Å². The highest BCUT2D eigenvalue weighted by Gasteiger charge is 2.39. The second-order valence-corrected chi connectivity index (χ2v) is 6.63. The van der Waals surface area contributed by atoms with E-state index < -0.39 is 24.0 Å². The fraction of sp³-hybridized carbons (Fsp3) is 0.929. The Labute approximate surface area is 128 Å². The smallest absolute Gasteiger partial charge is 0.319 e. The average Bonchev–Trinajstić information content (AvgIpc) is 2.38. The molecule has 0 heterocycles. The van der Waals surface area contributed by atoms with E-state index in [-0.39, 0.29) is 24.1 Å². The molecule has 0 saturated heterocycles. The number of halogens is 4. The molecule has 0 bridgehead atoms. The minimum atomic E-state index is -3.95. The summed E-state index contributed by atoms with van der Waals surface area (Å²) in [5.74, 6) is -3.80. The number of ether oxygens (including phenoxy) is 1. The van der Waals surface area contributed by atoms with Crippen molar-refractivity contribution in [2.75, 3.05) is 12.4 Å². The summed E-state index contributed by atoms with van der Waals surface area (Å²) in [4.78, 5) is 11.8. The van der Waals surface area contributed by atoms with E-state index in [9.17, 15) is 22.4 Å². The van der Waals surface area contributed by atoms with Gasteiger partial charge in [-0.15, -0.1) is 11.8 Å². The van der Waals surface area contributed by atoms with Gasteiger partial charge in [-0.05, 0) is 30.9 Å². The molecule has 0 N–H and O–H groups in total. The van der Waals surface area contributed by atoms with Gasteiger partial charge in [0, 0.05) is 6.42 Å². The van der Waals surface area contributed by atoms with Gasteiger partial charge in [0.2, 0.25) is 0 Å². The molecule has 0 fully saturated rings. The minimum absolute atomic E-state index is 0.0579. The molecule has 0 rings (SSSR count). The first kappa shape index (κ1) is 20.5. The molecule has 0 aromatic heterocycles. The number of esters is 1. The van der Waals surface area contributed by atoms with E-state index >= 15 is 0 Å². The Kier molecular flexibility index (Phi) is 10.1. The molecule has 126 valence electrons. The number of alkyl halides is 4. The zero-order chi connectivity index (χ0) is 16.5. The largest absolute Gasteiger partial charge is 0.465 e. The van der Waals surface area contributed by atoms with Crippen LogP contribution >= 0.6 is 11.8 Å². The monoisotopic (exact) mass is 332 g/mol. The number of carbonyl (C=O) groups is 1. The summed E-state index contributed by atoms with van der Waals surface area (Å²) >= 11 is 1.21. The SMILES string of the molecule is CCCOC(=O)C(CC(C)C)SCCCC(F)(F)C(F)F. The van der Waals surface area contributed by atoms with Crippen molar-refractivity contribution < 1.29 is 27.1 Å². The topological polar surface area (TPSA) is 26.3 Å². The molecule has 0 aliphatic heterocycles. The summed E-state index contributed by atoms with van der Waals surface area (Å²) in [6.07, 6.45) is -3.26.